The van der Waals surface area contributed by atoms with Crippen LogP contribution in [0.3, 0.4) is 0 Å². The van der Waals surface area contributed by atoms with Crippen LogP contribution >= 0.6 is 11.8 Å². The van der Waals surface area contributed by atoms with E-state index in [0.29, 0.717) is 0 Å². The van der Waals surface area contributed by atoms with E-state index in [4.69, 9.17) is 5.73 Å². The molecule has 1 saturated carbocycles. The molecule has 1 aliphatic carbocycles. The van der Waals surface area contributed by atoms with Gasteiger partial charge in [-0.3, -0.25) is 4.98 Å². The second-order valence-electron chi connectivity index (χ2n) is 4.80. The van der Waals surface area contributed by atoms with Crippen LogP contribution in [0.4, 0.5) is 0 Å². The van der Waals surface area contributed by atoms with Crippen LogP contribution in [0.5, 0.6) is 0 Å². The van der Waals surface area contributed by atoms with Crippen LogP contribution in [0.15, 0.2) is 12.3 Å². The molecule has 0 radical (unpaired) electrons. The summed E-state index contributed by atoms with van der Waals surface area (Å²) in [5.74, 6) is 2.24. The minimum Gasteiger partial charge on any atom is -0.325 e. The van der Waals surface area contributed by atoms with Gasteiger partial charge in [0.2, 0.25) is 0 Å². The summed E-state index contributed by atoms with van der Waals surface area (Å²) in [6, 6.07) is 2.33. The fourth-order valence-electron chi connectivity index (χ4n) is 2.04. The van der Waals surface area contributed by atoms with Crippen LogP contribution in [0.25, 0.3) is 0 Å². The molecule has 0 atom stereocenters. The van der Waals surface area contributed by atoms with Gasteiger partial charge in [-0.15, -0.1) is 0 Å². The zero-order chi connectivity index (χ0) is 10.3. The van der Waals surface area contributed by atoms with Gasteiger partial charge in [-0.2, -0.15) is 11.8 Å². The molecule has 1 aliphatic heterocycles. The molecule has 1 fully saturated rings. The molecule has 1 aromatic heterocycles. The smallest absolute Gasteiger partial charge is 0.0543 e. The van der Waals surface area contributed by atoms with Gasteiger partial charge in [0.25, 0.3) is 0 Å². The Labute approximate surface area is 94.7 Å². The number of hydrogen-bond acceptors (Lipinski definition) is 3. The molecule has 2 aliphatic rings. The Morgan fingerprint density at radius 2 is 2.27 bits per heavy atom. The van der Waals surface area contributed by atoms with E-state index in [0.717, 1.165) is 24.3 Å². The molecule has 0 saturated heterocycles. The monoisotopic (exact) mass is 220 g/mol. The van der Waals surface area contributed by atoms with Gasteiger partial charge in [0.1, 0.15) is 0 Å². The number of nitrogens with zero attached hydrogens (tertiary/aromatic N) is 1. The predicted molar refractivity (Wildman–Crippen MR) is 63.7 cm³/mol. The molecule has 3 rings (SSSR count). The first kappa shape index (κ1) is 9.67. The Morgan fingerprint density at radius 3 is 3.07 bits per heavy atom. The van der Waals surface area contributed by atoms with E-state index in [-0.39, 0.29) is 5.54 Å². The Hall–Kier alpha value is -0.540. The first-order valence-corrected chi connectivity index (χ1v) is 6.74. The second kappa shape index (κ2) is 3.49. The van der Waals surface area contributed by atoms with Gasteiger partial charge in [-0.25, -0.2) is 0 Å². The minimum atomic E-state index is 0.174. The molecule has 3 heteroatoms. The summed E-state index contributed by atoms with van der Waals surface area (Å²) in [6.45, 7) is 0. The fourth-order valence-corrected chi connectivity index (χ4v) is 3.07. The lowest BCUT2D eigenvalue weighted by Gasteiger charge is -2.08. The quantitative estimate of drug-likeness (QED) is 0.849. The summed E-state index contributed by atoms with van der Waals surface area (Å²) < 4.78 is 0. The number of hydrogen-bond donors (Lipinski definition) is 1. The SMILES string of the molecule is NC1(CCc2cnc3c(c2)CSC3)CC1. The Balaban J connectivity index is 1.70. The highest BCUT2D eigenvalue weighted by Crippen LogP contribution is 2.37. The highest BCUT2D eigenvalue weighted by atomic mass is 32.2. The van der Waals surface area contributed by atoms with Crippen LogP contribution in [-0.4, -0.2) is 10.5 Å². The van der Waals surface area contributed by atoms with Crippen molar-refractivity contribution in [3.05, 3.63) is 29.1 Å². The van der Waals surface area contributed by atoms with Gasteiger partial charge >= 0.3 is 0 Å². The molecule has 0 bridgehead atoms. The topological polar surface area (TPSA) is 38.9 Å². The molecule has 1 aromatic rings. The average molecular weight is 220 g/mol. The van der Waals surface area contributed by atoms with Crippen molar-refractivity contribution in [1.82, 2.24) is 4.98 Å². The van der Waals surface area contributed by atoms with E-state index < -0.39 is 0 Å². The molecular formula is C12H16N2S. The lowest BCUT2D eigenvalue weighted by molar-refractivity contribution is 0.608. The van der Waals surface area contributed by atoms with Crippen molar-refractivity contribution in [2.75, 3.05) is 0 Å². The van der Waals surface area contributed by atoms with Crippen molar-refractivity contribution in [2.45, 2.75) is 42.7 Å². The van der Waals surface area contributed by atoms with Gasteiger partial charge in [0, 0.05) is 23.2 Å². The van der Waals surface area contributed by atoms with Crippen molar-refractivity contribution in [2.24, 2.45) is 5.73 Å². The van der Waals surface area contributed by atoms with E-state index in [9.17, 15) is 0 Å². The van der Waals surface area contributed by atoms with Gasteiger partial charge in [-0.1, -0.05) is 6.07 Å². The average Bonchev–Trinajstić information content (AvgIpc) is 2.80. The molecule has 0 aromatic carbocycles. The normalized spacial score (nSPS) is 21.4. The summed E-state index contributed by atoms with van der Waals surface area (Å²) in [5.41, 5.74) is 10.4. The van der Waals surface area contributed by atoms with Crippen molar-refractivity contribution in [3.8, 4) is 0 Å². The number of pyridine rings is 1. The molecule has 0 unspecified atom stereocenters. The minimum absolute atomic E-state index is 0.174. The number of aryl methyl sites for hydroxylation is 1. The lowest BCUT2D eigenvalue weighted by atomic mass is 10.0. The van der Waals surface area contributed by atoms with Crippen LogP contribution < -0.4 is 5.73 Å². The van der Waals surface area contributed by atoms with E-state index in [1.54, 1.807) is 0 Å². The number of thioether (sulfide) groups is 1. The largest absolute Gasteiger partial charge is 0.325 e. The van der Waals surface area contributed by atoms with Crippen molar-refractivity contribution in [3.63, 3.8) is 0 Å². The third kappa shape index (κ3) is 2.04. The molecule has 2 nitrogen and oxygen atoms in total. The van der Waals surface area contributed by atoms with Gasteiger partial charge in [-0.05, 0) is 36.8 Å². The molecule has 0 spiro atoms. The van der Waals surface area contributed by atoms with Crippen LogP contribution in [0.2, 0.25) is 0 Å². The molecule has 2 N–H and O–H groups in total. The highest BCUT2D eigenvalue weighted by Gasteiger charge is 2.37. The van der Waals surface area contributed by atoms with Gasteiger partial charge in [0.05, 0.1) is 5.69 Å². The van der Waals surface area contributed by atoms with Crippen molar-refractivity contribution in [1.29, 1.82) is 0 Å². The molecular weight excluding hydrogens is 204 g/mol. The third-order valence-corrected chi connectivity index (χ3v) is 4.41. The van der Waals surface area contributed by atoms with Crippen LogP contribution in [-0.2, 0) is 17.9 Å². The fraction of sp³-hybridized carbons (Fsp3) is 0.583. The second-order valence-corrected chi connectivity index (χ2v) is 5.79. The maximum absolute atomic E-state index is 6.08. The highest BCUT2D eigenvalue weighted by molar-refractivity contribution is 7.98. The summed E-state index contributed by atoms with van der Waals surface area (Å²) in [7, 11) is 0. The van der Waals surface area contributed by atoms with Gasteiger partial charge < -0.3 is 5.73 Å². The van der Waals surface area contributed by atoms with Gasteiger partial charge in [0.15, 0.2) is 0 Å². The standard InChI is InChI=1S/C12H16N2S/c13-12(3-4-12)2-1-9-5-10-7-15-8-11(10)14-6-9/h5-6H,1-4,7-8,13H2. The van der Waals surface area contributed by atoms with E-state index in [2.05, 4.69) is 11.1 Å². The number of fused-ring (bicyclic) bond motifs is 1. The maximum Gasteiger partial charge on any atom is 0.0543 e. The zero-order valence-electron chi connectivity index (χ0n) is 8.83. The summed E-state index contributed by atoms with van der Waals surface area (Å²) in [6.07, 6.45) is 6.68. The maximum atomic E-state index is 6.08. The van der Waals surface area contributed by atoms with E-state index >= 15 is 0 Å². The lowest BCUT2D eigenvalue weighted by Crippen LogP contribution is -2.22. The van der Waals surface area contributed by atoms with Crippen LogP contribution in [0.1, 0.15) is 36.1 Å². The summed E-state index contributed by atoms with van der Waals surface area (Å²) >= 11 is 1.96. The molecule has 15 heavy (non-hydrogen) atoms. The van der Waals surface area contributed by atoms with Crippen molar-refractivity contribution >= 4 is 11.8 Å². The number of nitrogens with two attached hydrogens (primary N) is 1. The summed E-state index contributed by atoms with van der Waals surface area (Å²) in [4.78, 5) is 4.52. The molecule has 2 heterocycles. The summed E-state index contributed by atoms with van der Waals surface area (Å²) in [5, 5.41) is 0. The Kier molecular flexibility index (Phi) is 2.25. The van der Waals surface area contributed by atoms with E-state index in [1.165, 1.54) is 29.7 Å². The Morgan fingerprint density at radius 1 is 1.40 bits per heavy atom. The van der Waals surface area contributed by atoms with Crippen molar-refractivity contribution < 1.29 is 0 Å². The number of rotatable bonds is 3. The first-order chi connectivity index (χ1) is 7.25. The molecule has 0 amide bonds. The predicted octanol–water partition coefficient (Wildman–Crippen LogP) is 2.25. The van der Waals surface area contributed by atoms with E-state index in [1.807, 2.05) is 18.0 Å². The molecule has 80 valence electrons. The third-order valence-electron chi connectivity index (χ3n) is 3.42. The zero-order valence-corrected chi connectivity index (χ0v) is 9.65. The number of aromatic nitrogens is 1. The van der Waals surface area contributed by atoms with Crippen LogP contribution in [0, 0.1) is 0 Å². The Bertz CT molecular complexity index is 385. The first-order valence-electron chi connectivity index (χ1n) is 5.59.